The van der Waals surface area contributed by atoms with E-state index in [2.05, 4.69) is 4.98 Å². The molecule has 0 saturated heterocycles. The summed E-state index contributed by atoms with van der Waals surface area (Å²) in [5.41, 5.74) is 7.22. The number of carbonyl (C=O) groups is 1. The van der Waals surface area contributed by atoms with Crippen LogP contribution in [-0.2, 0) is 9.53 Å². The Balaban J connectivity index is 2.19. The van der Waals surface area contributed by atoms with Crippen LogP contribution < -0.4 is 11.5 Å². The number of nitrogen functional groups attached to an aromatic ring is 1. The molecule has 3 N–H and O–H groups in total. The zero-order valence-corrected chi connectivity index (χ0v) is 10.5. The predicted octanol–water partition coefficient (Wildman–Crippen LogP) is 1.36. The van der Waals surface area contributed by atoms with Crippen LogP contribution >= 0.6 is 11.8 Å². The Bertz CT molecular complexity index is 631. The van der Waals surface area contributed by atoms with Gasteiger partial charge in [0.05, 0.1) is 17.9 Å². The number of nitrogens with two attached hydrogens (primary N) is 1. The van der Waals surface area contributed by atoms with Gasteiger partial charge in [-0.2, -0.15) is 0 Å². The number of hydrogen-bond acceptors (Lipinski definition) is 6. The molecular formula is C11H12N2O4S. The third-order valence-electron chi connectivity index (χ3n) is 2.20. The molecule has 7 heteroatoms. The zero-order chi connectivity index (χ0) is 13.1. The third kappa shape index (κ3) is 2.67. The number of carbonyl (C=O) groups excluding carboxylic acids is 1. The maximum atomic E-state index is 11.2. The second-order valence-corrected chi connectivity index (χ2v) is 4.51. The van der Waals surface area contributed by atoms with E-state index in [1.54, 1.807) is 19.1 Å². The van der Waals surface area contributed by atoms with E-state index < -0.39 is 5.76 Å². The van der Waals surface area contributed by atoms with E-state index in [1.807, 2.05) is 0 Å². The van der Waals surface area contributed by atoms with Crippen molar-refractivity contribution in [3.05, 3.63) is 22.7 Å². The average molecular weight is 268 g/mol. The molecule has 0 aliphatic carbocycles. The molecule has 0 aliphatic rings. The van der Waals surface area contributed by atoms with Gasteiger partial charge in [-0.25, -0.2) is 4.79 Å². The number of oxazole rings is 1. The Hall–Kier alpha value is -1.89. The molecule has 0 atom stereocenters. The molecule has 1 heterocycles. The van der Waals surface area contributed by atoms with Crippen LogP contribution in [0.1, 0.15) is 6.92 Å². The number of benzene rings is 1. The molecule has 1 aromatic carbocycles. The number of esters is 1. The minimum Gasteiger partial charge on any atom is -0.465 e. The SMILES string of the molecule is CCOC(=O)CSc1cc2[nH]c(=O)oc2cc1N. The number of ether oxygens (including phenoxy) is 1. The summed E-state index contributed by atoms with van der Waals surface area (Å²) in [7, 11) is 0. The number of aromatic amines is 1. The number of nitrogens with one attached hydrogen (secondary N) is 1. The Kier molecular flexibility index (Phi) is 3.61. The number of thioether (sulfide) groups is 1. The van der Waals surface area contributed by atoms with Gasteiger partial charge in [-0.3, -0.25) is 9.78 Å². The predicted molar refractivity (Wildman–Crippen MR) is 68.6 cm³/mol. The minimum atomic E-state index is -0.531. The third-order valence-corrected chi connectivity index (χ3v) is 3.25. The summed E-state index contributed by atoms with van der Waals surface area (Å²) in [5.74, 6) is -0.661. The Labute approximate surface area is 106 Å². The van der Waals surface area contributed by atoms with Crippen molar-refractivity contribution in [2.24, 2.45) is 0 Å². The highest BCUT2D eigenvalue weighted by atomic mass is 32.2. The van der Waals surface area contributed by atoms with E-state index >= 15 is 0 Å². The maximum Gasteiger partial charge on any atom is 0.417 e. The average Bonchev–Trinajstić information content (AvgIpc) is 2.65. The highest BCUT2D eigenvalue weighted by Crippen LogP contribution is 2.28. The van der Waals surface area contributed by atoms with Gasteiger partial charge in [0.2, 0.25) is 0 Å². The first-order valence-electron chi connectivity index (χ1n) is 5.31. The number of anilines is 1. The van der Waals surface area contributed by atoms with E-state index in [1.165, 1.54) is 11.8 Å². The molecule has 0 radical (unpaired) electrons. The molecule has 0 aliphatic heterocycles. The standard InChI is InChI=1S/C11H12N2O4S/c1-2-16-10(14)5-18-9-4-7-8(3-6(9)12)17-11(15)13-7/h3-4H,2,5,12H2,1H3,(H,13,15). The number of hydrogen-bond donors (Lipinski definition) is 2. The Morgan fingerprint density at radius 1 is 1.56 bits per heavy atom. The molecule has 96 valence electrons. The van der Waals surface area contributed by atoms with Crippen LogP contribution in [0.15, 0.2) is 26.2 Å². The Morgan fingerprint density at radius 2 is 2.33 bits per heavy atom. The van der Waals surface area contributed by atoms with Crippen molar-refractivity contribution < 1.29 is 13.9 Å². The normalized spacial score (nSPS) is 10.7. The van der Waals surface area contributed by atoms with Gasteiger partial charge < -0.3 is 14.9 Å². The van der Waals surface area contributed by atoms with Gasteiger partial charge in [0, 0.05) is 16.6 Å². The fourth-order valence-corrected chi connectivity index (χ4v) is 2.24. The lowest BCUT2D eigenvalue weighted by Crippen LogP contribution is -2.06. The summed E-state index contributed by atoms with van der Waals surface area (Å²) in [4.78, 5) is 25.5. The fraction of sp³-hybridized carbons (Fsp3) is 0.273. The van der Waals surface area contributed by atoms with Gasteiger partial charge >= 0.3 is 11.7 Å². The van der Waals surface area contributed by atoms with Crippen molar-refractivity contribution in [3.63, 3.8) is 0 Å². The highest BCUT2D eigenvalue weighted by Gasteiger charge is 2.09. The van der Waals surface area contributed by atoms with Crippen molar-refractivity contribution in [2.75, 3.05) is 18.1 Å². The van der Waals surface area contributed by atoms with Crippen LogP contribution in [0.25, 0.3) is 11.1 Å². The fourth-order valence-electron chi connectivity index (χ4n) is 1.46. The van der Waals surface area contributed by atoms with E-state index in [0.29, 0.717) is 28.3 Å². The molecular weight excluding hydrogens is 256 g/mol. The zero-order valence-electron chi connectivity index (χ0n) is 9.69. The first-order chi connectivity index (χ1) is 8.60. The lowest BCUT2D eigenvalue weighted by Gasteiger charge is -2.04. The summed E-state index contributed by atoms with van der Waals surface area (Å²) in [6.07, 6.45) is 0. The van der Waals surface area contributed by atoms with Crippen molar-refractivity contribution in [3.8, 4) is 0 Å². The van der Waals surface area contributed by atoms with Crippen LogP contribution in [-0.4, -0.2) is 23.3 Å². The lowest BCUT2D eigenvalue weighted by atomic mass is 10.3. The lowest BCUT2D eigenvalue weighted by molar-refractivity contribution is -0.139. The first-order valence-corrected chi connectivity index (χ1v) is 6.29. The van der Waals surface area contributed by atoms with Gasteiger partial charge in [0.1, 0.15) is 0 Å². The molecule has 1 aromatic heterocycles. The maximum absolute atomic E-state index is 11.2. The molecule has 2 rings (SSSR count). The van der Waals surface area contributed by atoms with Crippen molar-refractivity contribution >= 4 is 34.5 Å². The monoisotopic (exact) mass is 268 g/mol. The van der Waals surface area contributed by atoms with Gasteiger partial charge in [0.15, 0.2) is 5.58 Å². The second-order valence-electron chi connectivity index (χ2n) is 3.49. The second kappa shape index (κ2) is 5.18. The highest BCUT2D eigenvalue weighted by molar-refractivity contribution is 8.00. The van der Waals surface area contributed by atoms with Crippen LogP contribution in [0.3, 0.4) is 0 Å². The molecule has 0 spiro atoms. The minimum absolute atomic E-state index is 0.172. The van der Waals surface area contributed by atoms with Crippen LogP contribution in [0.5, 0.6) is 0 Å². The van der Waals surface area contributed by atoms with Gasteiger partial charge in [-0.15, -0.1) is 11.8 Å². The molecule has 0 bridgehead atoms. The molecule has 18 heavy (non-hydrogen) atoms. The Morgan fingerprint density at radius 3 is 3.06 bits per heavy atom. The van der Waals surface area contributed by atoms with E-state index in [0.717, 1.165) is 0 Å². The van der Waals surface area contributed by atoms with E-state index in [4.69, 9.17) is 14.9 Å². The first kappa shape index (κ1) is 12.6. The number of fused-ring (bicyclic) bond motifs is 1. The van der Waals surface area contributed by atoms with Crippen molar-refractivity contribution in [1.29, 1.82) is 0 Å². The molecule has 0 saturated carbocycles. The van der Waals surface area contributed by atoms with Crippen molar-refractivity contribution in [2.45, 2.75) is 11.8 Å². The summed E-state index contributed by atoms with van der Waals surface area (Å²) in [6.45, 7) is 2.10. The number of H-pyrrole nitrogens is 1. The van der Waals surface area contributed by atoms with Crippen LogP contribution in [0, 0.1) is 0 Å². The number of rotatable bonds is 4. The van der Waals surface area contributed by atoms with Crippen LogP contribution in [0.4, 0.5) is 5.69 Å². The van der Waals surface area contributed by atoms with Gasteiger partial charge in [0.25, 0.3) is 0 Å². The molecule has 2 aromatic rings. The van der Waals surface area contributed by atoms with E-state index in [-0.39, 0.29) is 11.7 Å². The smallest absolute Gasteiger partial charge is 0.417 e. The molecule has 0 unspecified atom stereocenters. The van der Waals surface area contributed by atoms with Gasteiger partial charge in [-0.05, 0) is 13.0 Å². The summed E-state index contributed by atoms with van der Waals surface area (Å²) >= 11 is 1.26. The topological polar surface area (TPSA) is 98.3 Å². The number of aromatic nitrogens is 1. The molecule has 0 fully saturated rings. The van der Waals surface area contributed by atoms with Crippen molar-refractivity contribution in [1.82, 2.24) is 4.98 Å². The molecule has 0 amide bonds. The van der Waals surface area contributed by atoms with E-state index in [9.17, 15) is 9.59 Å². The molecule has 6 nitrogen and oxygen atoms in total. The summed E-state index contributed by atoms with van der Waals surface area (Å²) in [5, 5.41) is 0. The van der Waals surface area contributed by atoms with Gasteiger partial charge in [-0.1, -0.05) is 0 Å². The summed E-state index contributed by atoms with van der Waals surface area (Å²) < 4.78 is 9.69. The van der Waals surface area contributed by atoms with Crippen LogP contribution in [0.2, 0.25) is 0 Å². The largest absolute Gasteiger partial charge is 0.465 e. The quantitative estimate of drug-likeness (QED) is 0.493. The summed E-state index contributed by atoms with van der Waals surface area (Å²) in [6, 6.07) is 3.24.